The van der Waals surface area contributed by atoms with Gasteiger partial charge in [-0.3, -0.25) is 9.59 Å². The Bertz CT molecular complexity index is 1450. The molecule has 0 spiro atoms. The summed E-state index contributed by atoms with van der Waals surface area (Å²) in [6.07, 6.45) is 2.72. The Morgan fingerprint density at radius 2 is 1.81 bits per heavy atom. The van der Waals surface area contributed by atoms with Crippen molar-refractivity contribution in [2.24, 2.45) is 11.3 Å². The number of hydrogen-bond acceptors (Lipinski definition) is 7. The first kappa shape index (κ1) is 33.2. The van der Waals surface area contributed by atoms with E-state index in [2.05, 4.69) is 10.3 Å². The van der Waals surface area contributed by atoms with Gasteiger partial charge in [0, 0.05) is 19.2 Å². The summed E-state index contributed by atoms with van der Waals surface area (Å²) in [6.45, 7) is 10.4. The number of halogens is 1. The molecule has 0 radical (unpaired) electrons. The number of pyridine rings is 1. The summed E-state index contributed by atoms with van der Waals surface area (Å²) >= 11 is 0. The van der Waals surface area contributed by atoms with Gasteiger partial charge in [-0.25, -0.2) is 17.8 Å². The molecule has 0 bridgehead atoms. The van der Waals surface area contributed by atoms with Gasteiger partial charge in [-0.15, -0.1) is 0 Å². The predicted molar refractivity (Wildman–Crippen MR) is 161 cm³/mol. The van der Waals surface area contributed by atoms with Crippen molar-refractivity contribution >= 4 is 33.9 Å². The lowest BCUT2D eigenvalue weighted by molar-refractivity contribution is -0.158. The molecule has 9 nitrogen and oxygen atoms in total. The number of hydrogen-bond donors (Lipinski definition) is 2. The molecular weight excluding hydrogens is 561 g/mol. The molecule has 3 rings (SSSR count). The largest absolute Gasteiger partial charge is 0.465 e. The molecule has 0 saturated heterocycles. The second-order valence-electron chi connectivity index (χ2n) is 10.9. The monoisotopic (exact) mass is 603 g/mol. The molecule has 11 heteroatoms. The number of fused-ring (bicyclic) bond motifs is 1. The van der Waals surface area contributed by atoms with Crippen molar-refractivity contribution in [3.8, 4) is 11.3 Å². The Kier molecular flexibility index (Phi) is 11.6. The van der Waals surface area contributed by atoms with E-state index < -0.39 is 22.1 Å². The lowest BCUT2D eigenvalue weighted by Crippen LogP contribution is -2.34. The lowest BCUT2D eigenvalue weighted by Gasteiger charge is -2.30. The summed E-state index contributed by atoms with van der Waals surface area (Å²) in [5.74, 6) is -0.550. The molecule has 0 fully saturated rings. The third kappa shape index (κ3) is 7.55. The Balaban J connectivity index is 1.90. The van der Waals surface area contributed by atoms with Gasteiger partial charge < -0.3 is 14.5 Å². The molecule has 2 aromatic heterocycles. The minimum Gasteiger partial charge on any atom is -0.465 e. The number of rotatable bonds is 15. The van der Waals surface area contributed by atoms with Gasteiger partial charge in [0.25, 0.3) is 5.91 Å². The van der Waals surface area contributed by atoms with Crippen molar-refractivity contribution in [1.29, 1.82) is 0 Å². The smallest absolute Gasteiger partial charge is 0.312 e. The number of ether oxygens (including phenoxy) is 1. The van der Waals surface area contributed by atoms with Crippen molar-refractivity contribution in [2.75, 3.05) is 20.2 Å². The van der Waals surface area contributed by atoms with E-state index in [-0.39, 0.29) is 47.9 Å². The summed E-state index contributed by atoms with van der Waals surface area (Å²) in [5, 5.41) is 3.11. The lowest BCUT2D eigenvalue weighted by atomic mass is 9.78. The van der Waals surface area contributed by atoms with Crippen LogP contribution in [0, 0.1) is 17.2 Å². The van der Waals surface area contributed by atoms with E-state index >= 15 is 0 Å². The van der Waals surface area contributed by atoms with Gasteiger partial charge in [-0.1, -0.05) is 34.6 Å². The fourth-order valence-corrected chi connectivity index (χ4v) is 5.63. The van der Waals surface area contributed by atoms with Crippen LogP contribution in [0.2, 0.25) is 0 Å². The highest BCUT2D eigenvalue weighted by Crippen LogP contribution is 2.36. The first-order chi connectivity index (χ1) is 20.0. The predicted octanol–water partition coefficient (Wildman–Crippen LogP) is 5.67. The molecule has 1 N–H and O–H groups in total. The van der Waals surface area contributed by atoms with Crippen LogP contribution in [0.1, 0.15) is 81.9 Å². The first-order valence-electron chi connectivity index (χ1n) is 14.5. The van der Waals surface area contributed by atoms with Crippen LogP contribution in [-0.2, 0) is 33.4 Å². The maximum Gasteiger partial charge on any atom is 0.312 e. The molecule has 0 saturated carbocycles. The van der Waals surface area contributed by atoms with E-state index in [1.54, 1.807) is 6.07 Å². The zero-order valence-corrected chi connectivity index (χ0v) is 26.2. The standard InChI is InChI=1S/C31H42FN3O6S/c1-7-21-17-24-26(28(36)33-6)27(22-11-13-23(32)14-12-22)41-29(24)34-25(21)18-35(42(38)39)16-10-15-31(8-2,9-3)30(37)40-19-20(4)5/h11-14,17,20,42H,7-10,15-16,18-19H2,1-6H3,(H,33,36). The average molecular weight is 604 g/mol. The van der Waals surface area contributed by atoms with Crippen molar-refractivity contribution in [2.45, 2.75) is 73.3 Å². The highest BCUT2D eigenvalue weighted by molar-refractivity contribution is 7.69. The third-order valence-corrected chi connectivity index (χ3v) is 8.57. The molecule has 2 heterocycles. The van der Waals surface area contributed by atoms with Crippen LogP contribution >= 0.6 is 0 Å². The van der Waals surface area contributed by atoms with Crippen LogP contribution in [0.25, 0.3) is 22.4 Å². The number of amides is 1. The highest BCUT2D eigenvalue weighted by atomic mass is 32.2. The van der Waals surface area contributed by atoms with E-state index in [9.17, 15) is 22.4 Å². The maximum atomic E-state index is 13.6. The van der Waals surface area contributed by atoms with Crippen LogP contribution in [0.15, 0.2) is 34.7 Å². The number of benzene rings is 1. The summed E-state index contributed by atoms with van der Waals surface area (Å²) < 4.78 is 51.1. The fraction of sp³-hybridized carbons (Fsp3) is 0.516. The first-order valence-corrected chi connectivity index (χ1v) is 15.6. The van der Waals surface area contributed by atoms with Gasteiger partial charge in [-0.2, -0.15) is 4.31 Å². The molecule has 0 aliphatic heterocycles. The van der Waals surface area contributed by atoms with Crippen LogP contribution < -0.4 is 5.32 Å². The quantitative estimate of drug-likeness (QED) is 0.170. The van der Waals surface area contributed by atoms with Crippen LogP contribution in [-0.4, -0.2) is 49.8 Å². The zero-order valence-electron chi connectivity index (χ0n) is 25.3. The second-order valence-corrected chi connectivity index (χ2v) is 11.9. The number of aryl methyl sites for hydroxylation is 1. The molecule has 3 aromatic rings. The Morgan fingerprint density at radius 1 is 1.14 bits per heavy atom. The summed E-state index contributed by atoms with van der Waals surface area (Å²) in [5.41, 5.74) is 1.60. The Hall–Kier alpha value is -3.31. The van der Waals surface area contributed by atoms with E-state index in [0.717, 1.165) is 5.56 Å². The van der Waals surface area contributed by atoms with Gasteiger partial charge >= 0.3 is 5.97 Å². The Labute approximate surface area is 248 Å². The molecule has 0 aliphatic carbocycles. The zero-order chi connectivity index (χ0) is 31.0. The summed E-state index contributed by atoms with van der Waals surface area (Å²) in [6, 6.07) is 7.42. The summed E-state index contributed by atoms with van der Waals surface area (Å²) in [7, 11) is -1.43. The van der Waals surface area contributed by atoms with Gasteiger partial charge in [-0.05, 0) is 73.9 Å². The number of nitrogens with zero attached hydrogens (tertiary/aromatic N) is 2. The number of furan rings is 1. The van der Waals surface area contributed by atoms with E-state index in [4.69, 9.17) is 9.15 Å². The molecule has 0 aliphatic rings. The topological polar surface area (TPSA) is 119 Å². The van der Waals surface area contributed by atoms with Crippen molar-refractivity contribution < 1.29 is 31.6 Å². The minimum absolute atomic E-state index is 0.0166. The van der Waals surface area contributed by atoms with Crippen molar-refractivity contribution in [1.82, 2.24) is 14.6 Å². The maximum absolute atomic E-state index is 13.6. The number of thiol groups is 1. The van der Waals surface area contributed by atoms with Gasteiger partial charge in [0.05, 0.1) is 35.2 Å². The fourth-order valence-electron chi connectivity index (χ4n) is 5.08. The van der Waals surface area contributed by atoms with Crippen molar-refractivity contribution in [3.63, 3.8) is 0 Å². The molecular formula is C31H42FN3O6S. The minimum atomic E-state index is -2.94. The SMILES string of the molecule is CCc1cc2c(C(=O)NC)c(-c3ccc(F)cc3)oc2nc1CN(CCCC(CC)(CC)C(=O)OCC(C)C)[SH](=O)=O. The van der Waals surface area contributed by atoms with Crippen LogP contribution in [0.4, 0.5) is 4.39 Å². The van der Waals surface area contributed by atoms with E-state index in [1.165, 1.54) is 35.6 Å². The number of esters is 1. The van der Waals surface area contributed by atoms with Crippen molar-refractivity contribution in [3.05, 3.63) is 53.0 Å². The highest BCUT2D eigenvalue weighted by Gasteiger charge is 2.36. The van der Waals surface area contributed by atoms with Crippen LogP contribution in [0.5, 0.6) is 0 Å². The normalized spacial score (nSPS) is 12.0. The molecule has 1 amide bonds. The van der Waals surface area contributed by atoms with Gasteiger partial charge in [0.15, 0.2) is 0 Å². The van der Waals surface area contributed by atoms with E-state index in [0.29, 0.717) is 55.4 Å². The molecule has 0 atom stereocenters. The number of carbonyl (C=O) groups is 2. The van der Waals surface area contributed by atoms with Gasteiger partial charge in [0.1, 0.15) is 11.6 Å². The molecule has 230 valence electrons. The molecule has 42 heavy (non-hydrogen) atoms. The number of nitrogens with one attached hydrogen (secondary N) is 1. The molecule has 0 unspecified atom stereocenters. The van der Waals surface area contributed by atoms with Crippen LogP contribution in [0.3, 0.4) is 0 Å². The number of aromatic nitrogens is 1. The third-order valence-electron chi connectivity index (χ3n) is 7.76. The number of carbonyl (C=O) groups excluding carboxylic acids is 2. The second kappa shape index (κ2) is 14.7. The Morgan fingerprint density at radius 3 is 2.36 bits per heavy atom. The summed E-state index contributed by atoms with van der Waals surface area (Å²) in [4.78, 5) is 30.5. The average Bonchev–Trinajstić information content (AvgIpc) is 3.35. The van der Waals surface area contributed by atoms with E-state index in [1.807, 2.05) is 34.6 Å². The molecule has 1 aromatic carbocycles. The van der Waals surface area contributed by atoms with Gasteiger partial charge in [0.2, 0.25) is 16.6 Å².